The second-order valence-electron chi connectivity index (χ2n) is 4.64. The van der Waals surface area contributed by atoms with Crippen LogP contribution in [0.4, 0.5) is 4.39 Å². The van der Waals surface area contributed by atoms with E-state index in [2.05, 4.69) is 5.32 Å². The highest BCUT2D eigenvalue weighted by Crippen LogP contribution is 2.27. The molecule has 1 aromatic rings. The molecule has 0 heterocycles. The van der Waals surface area contributed by atoms with Crippen molar-refractivity contribution < 1.29 is 19.1 Å². The van der Waals surface area contributed by atoms with E-state index < -0.39 is 5.97 Å². The Hall–Kier alpha value is -1.91. The summed E-state index contributed by atoms with van der Waals surface area (Å²) in [7, 11) is 0. The van der Waals surface area contributed by atoms with E-state index in [9.17, 15) is 14.0 Å². The summed E-state index contributed by atoms with van der Waals surface area (Å²) in [5, 5.41) is 11.5. The second kappa shape index (κ2) is 4.76. The Bertz CT molecular complexity index is 495. The normalized spacial score (nSPS) is 22.1. The first-order valence-corrected chi connectivity index (χ1v) is 5.77. The van der Waals surface area contributed by atoms with E-state index in [4.69, 9.17) is 5.11 Å². The molecular formula is C13H14FNO3. The summed E-state index contributed by atoms with van der Waals surface area (Å²) < 4.78 is 13.0. The van der Waals surface area contributed by atoms with Gasteiger partial charge in [0.1, 0.15) is 5.82 Å². The van der Waals surface area contributed by atoms with E-state index in [1.165, 1.54) is 18.2 Å². The van der Waals surface area contributed by atoms with Gasteiger partial charge in [-0.15, -0.1) is 0 Å². The molecule has 0 aliphatic heterocycles. The Morgan fingerprint density at radius 3 is 2.61 bits per heavy atom. The molecule has 5 heteroatoms. The summed E-state index contributed by atoms with van der Waals surface area (Å²) in [6.45, 7) is 1.59. The molecule has 18 heavy (non-hydrogen) atoms. The van der Waals surface area contributed by atoms with Crippen molar-refractivity contribution in [3.05, 3.63) is 35.1 Å². The molecule has 0 spiro atoms. The molecule has 96 valence electrons. The molecule has 0 radical (unpaired) electrons. The van der Waals surface area contributed by atoms with Gasteiger partial charge in [0.15, 0.2) is 0 Å². The van der Waals surface area contributed by atoms with E-state index in [0.717, 1.165) is 0 Å². The van der Waals surface area contributed by atoms with E-state index in [0.29, 0.717) is 24.0 Å². The van der Waals surface area contributed by atoms with Gasteiger partial charge in [-0.3, -0.25) is 9.59 Å². The van der Waals surface area contributed by atoms with Crippen LogP contribution in [0.3, 0.4) is 0 Å². The maximum absolute atomic E-state index is 13.0. The Morgan fingerprint density at radius 2 is 2.06 bits per heavy atom. The molecule has 1 amide bonds. The first-order chi connectivity index (χ1) is 8.47. The van der Waals surface area contributed by atoms with Gasteiger partial charge in [-0.05, 0) is 43.5 Å². The van der Waals surface area contributed by atoms with Gasteiger partial charge >= 0.3 is 5.97 Å². The molecule has 0 unspecified atom stereocenters. The van der Waals surface area contributed by atoms with Gasteiger partial charge in [0, 0.05) is 11.6 Å². The van der Waals surface area contributed by atoms with Crippen LogP contribution in [0.15, 0.2) is 18.2 Å². The van der Waals surface area contributed by atoms with Crippen molar-refractivity contribution in [3.63, 3.8) is 0 Å². The average molecular weight is 251 g/mol. The van der Waals surface area contributed by atoms with Crippen molar-refractivity contribution in [2.75, 3.05) is 0 Å². The van der Waals surface area contributed by atoms with Crippen LogP contribution in [0.1, 0.15) is 28.8 Å². The predicted octanol–water partition coefficient (Wildman–Crippen LogP) is 1.73. The Balaban J connectivity index is 1.93. The van der Waals surface area contributed by atoms with Crippen LogP contribution >= 0.6 is 0 Å². The molecule has 0 aromatic heterocycles. The third-order valence-electron chi connectivity index (χ3n) is 3.24. The molecule has 1 aliphatic rings. The molecule has 2 N–H and O–H groups in total. The summed E-state index contributed by atoms with van der Waals surface area (Å²) >= 11 is 0. The lowest BCUT2D eigenvalue weighted by atomic mass is 9.80. The molecule has 0 saturated heterocycles. The summed E-state index contributed by atoms with van der Waals surface area (Å²) in [6.07, 6.45) is 0.919. The Morgan fingerprint density at radius 1 is 1.39 bits per heavy atom. The van der Waals surface area contributed by atoms with Gasteiger partial charge in [0.05, 0.1) is 5.92 Å². The van der Waals surface area contributed by atoms with Gasteiger partial charge in [-0.2, -0.15) is 0 Å². The summed E-state index contributed by atoms with van der Waals surface area (Å²) in [6, 6.07) is 4.07. The van der Waals surface area contributed by atoms with Crippen molar-refractivity contribution in [3.8, 4) is 0 Å². The predicted molar refractivity (Wildman–Crippen MR) is 62.8 cm³/mol. The smallest absolute Gasteiger partial charge is 0.306 e. The highest BCUT2D eigenvalue weighted by molar-refractivity contribution is 5.94. The number of halogens is 1. The van der Waals surface area contributed by atoms with Crippen LogP contribution in [0, 0.1) is 18.7 Å². The quantitative estimate of drug-likeness (QED) is 0.859. The molecule has 2 rings (SSSR count). The number of hydrogen-bond acceptors (Lipinski definition) is 2. The van der Waals surface area contributed by atoms with Crippen LogP contribution in [-0.4, -0.2) is 23.0 Å². The number of aliphatic carboxylic acids is 1. The molecule has 0 bridgehead atoms. The number of carbonyl (C=O) groups excluding carboxylic acids is 1. The van der Waals surface area contributed by atoms with Crippen LogP contribution in [0.25, 0.3) is 0 Å². The van der Waals surface area contributed by atoms with Crippen molar-refractivity contribution in [1.29, 1.82) is 0 Å². The van der Waals surface area contributed by atoms with Crippen LogP contribution in [0.2, 0.25) is 0 Å². The fraction of sp³-hybridized carbons (Fsp3) is 0.385. The van der Waals surface area contributed by atoms with E-state index in [-0.39, 0.29) is 23.7 Å². The number of hydrogen-bond donors (Lipinski definition) is 2. The van der Waals surface area contributed by atoms with E-state index >= 15 is 0 Å². The summed E-state index contributed by atoms with van der Waals surface area (Å²) in [5.74, 6) is -1.81. The Kier molecular flexibility index (Phi) is 3.32. The van der Waals surface area contributed by atoms with Crippen LogP contribution in [-0.2, 0) is 4.79 Å². The van der Waals surface area contributed by atoms with E-state index in [1.807, 2.05) is 0 Å². The van der Waals surface area contributed by atoms with Crippen LogP contribution in [0.5, 0.6) is 0 Å². The molecular weight excluding hydrogens is 237 g/mol. The van der Waals surface area contributed by atoms with Gasteiger partial charge in [-0.25, -0.2) is 4.39 Å². The minimum atomic E-state index is -0.821. The standard InChI is InChI=1S/C13H14FNO3/c1-7-4-8(2-3-11(7)14)12(16)15-10-5-9(6-10)13(17)18/h2-4,9-10H,5-6H2,1H3,(H,15,16)(H,17,18). The lowest BCUT2D eigenvalue weighted by molar-refractivity contribution is -0.145. The maximum atomic E-state index is 13.0. The number of rotatable bonds is 3. The number of amides is 1. The highest BCUT2D eigenvalue weighted by Gasteiger charge is 2.35. The van der Waals surface area contributed by atoms with Gasteiger partial charge in [-0.1, -0.05) is 0 Å². The zero-order valence-electron chi connectivity index (χ0n) is 9.94. The second-order valence-corrected chi connectivity index (χ2v) is 4.64. The molecule has 4 nitrogen and oxygen atoms in total. The number of carboxylic acid groups (broad SMARTS) is 1. The first kappa shape index (κ1) is 12.5. The lowest BCUT2D eigenvalue weighted by Gasteiger charge is -2.32. The monoisotopic (exact) mass is 251 g/mol. The fourth-order valence-corrected chi connectivity index (χ4v) is 1.99. The number of carboxylic acids is 1. The Labute approximate surface area is 104 Å². The molecule has 1 aliphatic carbocycles. The van der Waals surface area contributed by atoms with Crippen molar-refractivity contribution in [2.24, 2.45) is 5.92 Å². The molecule has 1 fully saturated rings. The SMILES string of the molecule is Cc1cc(C(=O)NC2CC(C(=O)O)C2)ccc1F. The minimum absolute atomic E-state index is 0.0936. The topological polar surface area (TPSA) is 66.4 Å². The third kappa shape index (κ3) is 2.50. The number of benzene rings is 1. The first-order valence-electron chi connectivity index (χ1n) is 5.77. The fourth-order valence-electron chi connectivity index (χ4n) is 1.99. The molecule has 0 atom stereocenters. The average Bonchev–Trinajstić information content (AvgIpc) is 2.25. The lowest BCUT2D eigenvalue weighted by Crippen LogP contribution is -2.46. The third-order valence-corrected chi connectivity index (χ3v) is 3.24. The van der Waals surface area contributed by atoms with Crippen molar-refractivity contribution in [2.45, 2.75) is 25.8 Å². The number of nitrogens with one attached hydrogen (secondary N) is 1. The molecule has 1 aromatic carbocycles. The largest absolute Gasteiger partial charge is 0.481 e. The zero-order chi connectivity index (χ0) is 13.3. The van der Waals surface area contributed by atoms with E-state index in [1.54, 1.807) is 6.92 Å². The van der Waals surface area contributed by atoms with Crippen molar-refractivity contribution in [1.82, 2.24) is 5.32 Å². The highest BCUT2D eigenvalue weighted by atomic mass is 19.1. The number of carbonyl (C=O) groups is 2. The minimum Gasteiger partial charge on any atom is -0.481 e. The van der Waals surface area contributed by atoms with Gasteiger partial charge in [0.2, 0.25) is 0 Å². The molecule has 1 saturated carbocycles. The van der Waals surface area contributed by atoms with Gasteiger partial charge in [0.25, 0.3) is 5.91 Å². The summed E-state index contributed by atoms with van der Waals surface area (Å²) in [5.41, 5.74) is 0.812. The van der Waals surface area contributed by atoms with Crippen LogP contribution < -0.4 is 5.32 Å². The summed E-state index contributed by atoms with van der Waals surface area (Å²) in [4.78, 5) is 22.4. The van der Waals surface area contributed by atoms with Gasteiger partial charge < -0.3 is 10.4 Å². The van der Waals surface area contributed by atoms with Crippen molar-refractivity contribution >= 4 is 11.9 Å². The zero-order valence-corrected chi connectivity index (χ0v) is 9.94. The number of aryl methyl sites for hydroxylation is 1. The maximum Gasteiger partial charge on any atom is 0.306 e.